The van der Waals surface area contributed by atoms with Crippen molar-refractivity contribution in [3.8, 4) is 0 Å². The van der Waals surface area contributed by atoms with Crippen LogP contribution in [-0.4, -0.2) is 0 Å². The first-order chi connectivity index (χ1) is 13.4. The van der Waals surface area contributed by atoms with Crippen LogP contribution < -0.4 is 0 Å². The zero-order chi connectivity index (χ0) is 18.1. The van der Waals surface area contributed by atoms with Gasteiger partial charge in [0.1, 0.15) is 11.9 Å². The van der Waals surface area contributed by atoms with Crippen molar-refractivity contribution in [2.24, 2.45) is 5.92 Å². The second-order valence-corrected chi connectivity index (χ2v) is 7.89. The summed E-state index contributed by atoms with van der Waals surface area (Å²) in [6.07, 6.45) is 12.2. The normalized spacial score (nSPS) is 26.1. The molecule has 0 bridgehead atoms. The predicted molar refractivity (Wildman–Crippen MR) is 111 cm³/mol. The van der Waals surface area contributed by atoms with Gasteiger partial charge in [0.05, 0.1) is 0 Å². The van der Waals surface area contributed by atoms with Gasteiger partial charge in [0, 0.05) is 5.92 Å². The molecule has 0 amide bonds. The quantitative estimate of drug-likeness (QED) is 0.564. The van der Waals surface area contributed by atoms with E-state index in [1.54, 1.807) is 5.57 Å². The van der Waals surface area contributed by atoms with Crippen molar-refractivity contribution in [3.05, 3.63) is 100 Å². The molecular weight excluding hydrogens is 328 g/mol. The smallest absolute Gasteiger partial charge is 0.131 e. The van der Waals surface area contributed by atoms with Gasteiger partial charge in [-0.15, -0.1) is 0 Å². The fourth-order valence-corrected chi connectivity index (χ4v) is 4.90. The highest BCUT2D eigenvalue weighted by Crippen LogP contribution is 2.51. The molecular formula is C26H26O. The summed E-state index contributed by atoms with van der Waals surface area (Å²) in [5.74, 6) is 1.68. The van der Waals surface area contributed by atoms with Gasteiger partial charge in [0.2, 0.25) is 0 Å². The van der Waals surface area contributed by atoms with E-state index in [1.165, 1.54) is 53.7 Å². The van der Waals surface area contributed by atoms with Crippen LogP contribution in [-0.2, 0) is 4.74 Å². The number of hydrogen-bond acceptors (Lipinski definition) is 1. The molecule has 2 aliphatic carbocycles. The molecule has 136 valence electrons. The highest BCUT2D eigenvalue weighted by atomic mass is 16.5. The van der Waals surface area contributed by atoms with Crippen LogP contribution >= 0.6 is 0 Å². The van der Waals surface area contributed by atoms with Crippen molar-refractivity contribution in [1.29, 1.82) is 0 Å². The molecule has 0 saturated carbocycles. The third-order valence-electron chi connectivity index (χ3n) is 6.15. The van der Waals surface area contributed by atoms with E-state index in [4.69, 9.17) is 4.74 Å². The Hall–Kier alpha value is -2.54. The largest absolute Gasteiger partial charge is 0.485 e. The van der Waals surface area contributed by atoms with Crippen molar-refractivity contribution in [1.82, 2.24) is 0 Å². The Morgan fingerprint density at radius 3 is 2.44 bits per heavy atom. The minimum Gasteiger partial charge on any atom is -0.485 e. The molecule has 2 aromatic rings. The molecule has 0 saturated heterocycles. The van der Waals surface area contributed by atoms with Gasteiger partial charge in [-0.05, 0) is 72.4 Å². The topological polar surface area (TPSA) is 9.23 Å². The van der Waals surface area contributed by atoms with E-state index in [9.17, 15) is 0 Å². The molecule has 27 heavy (non-hydrogen) atoms. The van der Waals surface area contributed by atoms with Gasteiger partial charge >= 0.3 is 0 Å². The average molecular weight is 354 g/mol. The number of rotatable bonds is 2. The third-order valence-corrected chi connectivity index (χ3v) is 6.15. The SMILES string of the molecule is C1=C2C3=C(O[C@H](c4ccccc4)[C@H]2CCC1)/C(=C/c1ccccc1)CCC3. The lowest BCUT2D eigenvalue weighted by atomic mass is 9.73. The van der Waals surface area contributed by atoms with Gasteiger partial charge in [-0.3, -0.25) is 0 Å². The van der Waals surface area contributed by atoms with Gasteiger partial charge < -0.3 is 4.74 Å². The molecule has 0 unspecified atom stereocenters. The molecule has 1 heteroatoms. The second-order valence-electron chi connectivity index (χ2n) is 7.89. The van der Waals surface area contributed by atoms with Gasteiger partial charge in [-0.25, -0.2) is 0 Å². The molecule has 1 nitrogen and oxygen atoms in total. The van der Waals surface area contributed by atoms with Crippen molar-refractivity contribution < 1.29 is 4.74 Å². The minimum absolute atomic E-state index is 0.147. The first-order valence-corrected chi connectivity index (χ1v) is 10.3. The van der Waals surface area contributed by atoms with Crippen molar-refractivity contribution in [3.63, 3.8) is 0 Å². The Kier molecular flexibility index (Phi) is 4.45. The molecule has 0 N–H and O–H groups in total. The van der Waals surface area contributed by atoms with E-state index in [2.05, 4.69) is 72.8 Å². The molecule has 0 fully saturated rings. The number of allylic oxidation sites excluding steroid dienone is 3. The van der Waals surface area contributed by atoms with Crippen LogP contribution in [0.4, 0.5) is 0 Å². The summed E-state index contributed by atoms with van der Waals surface area (Å²) >= 11 is 0. The number of fused-ring (bicyclic) bond motifs is 2. The number of hydrogen-bond donors (Lipinski definition) is 0. The molecule has 5 rings (SSSR count). The monoisotopic (exact) mass is 354 g/mol. The Morgan fingerprint density at radius 1 is 0.852 bits per heavy atom. The molecule has 0 radical (unpaired) electrons. The summed E-state index contributed by atoms with van der Waals surface area (Å²) in [6, 6.07) is 21.5. The van der Waals surface area contributed by atoms with E-state index in [0.29, 0.717) is 5.92 Å². The van der Waals surface area contributed by atoms with E-state index in [1.807, 2.05) is 0 Å². The highest BCUT2D eigenvalue weighted by Gasteiger charge is 2.39. The van der Waals surface area contributed by atoms with Crippen LogP contribution in [0.25, 0.3) is 6.08 Å². The van der Waals surface area contributed by atoms with E-state index < -0.39 is 0 Å². The Bertz CT molecular complexity index is 902. The van der Waals surface area contributed by atoms with E-state index in [-0.39, 0.29) is 6.10 Å². The molecule has 2 atom stereocenters. The zero-order valence-corrected chi connectivity index (χ0v) is 15.7. The summed E-state index contributed by atoms with van der Waals surface area (Å²) in [5, 5.41) is 0. The maximum absolute atomic E-state index is 6.80. The molecule has 3 aliphatic rings. The van der Waals surface area contributed by atoms with E-state index >= 15 is 0 Å². The zero-order valence-electron chi connectivity index (χ0n) is 15.7. The van der Waals surface area contributed by atoms with Gasteiger partial charge in [0.25, 0.3) is 0 Å². The predicted octanol–water partition coefficient (Wildman–Crippen LogP) is 7.01. The Balaban J connectivity index is 1.60. The maximum Gasteiger partial charge on any atom is 0.131 e. The standard InChI is InChI=1S/C26H26O/c1-3-10-19(11-4-1)18-21-14-9-17-24-22-15-7-8-16-23(22)25(27-26(21)24)20-12-5-2-6-13-20/h1-6,10-13,15,18,23,25H,7-9,14,16-17H2/b21-18+/t23-,25+/m0/s1. The first kappa shape index (κ1) is 16.6. The van der Waals surface area contributed by atoms with Gasteiger partial charge in [-0.2, -0.15) is 0 Å². The number of ether oxygens (including phenoxy) is 1. The maximum atomic E-state index is 6.80. The minimum atomic E-state index is 0.147. The third kappa shape index (κ3) is 3.16. The van der Waals surface area contributed by atoms with E-state index in [0.717, 1.165) is 12.8 Å². The lowest BCUT2D eigenvalue weighted by molar-refractivity contribution is 0.0581. The number of benzene rings is 2. The summed E-state index contributed by atoms with van der Waals surface area (Å²) in [5.41, 5.74) is 7.01. The highest BCUT2D eigenvalue weighted by molar-refractivity contribution is 5.61. The molecule has 2 aromatic carbocycles. The van der Waals surface area contributed by atoms with Crippen LogP contribution in [0, 0.1) is 5.92 Å². The van der Waals surface area contributed by atoms with Gasteiger partial charge in [-0.1, -0.05) is 66.7 Å². The van der Waals surface area contributed by atoms with Gasteiger partial charge in [0.15, 0.2) is 0 Å². The summed E-state index contributed by atoms with van der Waals surface area (Å²) in [7, 11) is 0. The van der Waals surface area contributed by atoms with Crippen molar-refractivity contribution in [2.45, 2.75) is 44.6 Å². The molecule has 1 heterocycles. The van der Waals surface area contributed by atoms with Crippen molar-refractivity contribution >= 4 is 6.08 Å². The fourth-order valence-electron chi connectivity index (χ4n) is 4.90. The van der Waals surface area contributed by atoms with Crippen molar-refractivity contribution in [2.75, 3.05) is 0 Å². The van der Waals surface area contributed by atoms with Crippen LogP contribution in [0.2, 0.25) is 0 Å². The Morgan fingerprint density at radius 2 is 1.63 bits per heavy atom. The Labute approximate surface area is 162 Å². The van der Waals surface area contributed by atoms with Crippen LogP contribution in [0.3, 0.4) is 0 Å². The van der Waals surface area contributed by atoms with Crippen LogP contribution in [0.1, 0.15) is 55.8 Å². The molecule has 0 aromatic heterocycles. The molecule has 1 aliphatic heterocycles. The van der Waals surface area contributed by atoms with Crippen LogP contribution in [0.15, 0.2) is 89.2 Å². The molecule has 0 spiro atoms. The lowest BCUT2D eigenvalue weighted by Crippen LogP contribution is -2.28. The second kappa shape index (κ2) is 7.23. The lowest BCUT2D eigenvalue weighted by Gasteiger charge is -2.41. The summed E-state index contributed by atoms with van der Waals surface area (Å²) in [4.78, 5) is 0. The summed E-state index contributed by atoms with van der Waals surface area (Å²) in [6.45, 7) is 0. The van der Waals surface area contributed by atoms with Crippen LogP contribution in [0.5, 0.6) is 0 Å². The first-order valence-electron chi connectivity index (χ1n) is 10.3. The average Bonchev–Trinajstić information content (AvgIpc) is 2.75. The fraction of sp³-hybridized carbons (Fsp3) is 0.308. The summed E-state index contributed by atoms with van der Waals surface area (Å²) < 4.78 is 6.80.